The van der Waals surface area contributed by atoms with Crippen LogP contribution in [0.3, 0.4) is 0 Å². The zero-order chi connectivity index (χ0) is 24.6. The number of rotatable bonds is 5. The maximum atomic E-state index is 14.2. The molecular weight excluding hydrogens is 435 g/mol. The molecule has 0 spiro atoms. The second kappa shape index (κ2) is 9.72. The second-order valence-electron chi connectivity index (χ2n) is 10.6. The van der Waals surface area contributed by atoms with E-state index in [2.05, 4.69) is 20.8 Å². The van der Waals surface area contributed by atoms with Gasteiger partial charge in [0.1, 0.15) is 11.3 Å². The van der Waals surface area contributed by atoms with Crippen molar-refractivity contribution in [3.63, 3.8) is 0 Å². The Hall–Kier alpha value is -1.96. The third-order valence-electron chi connectivity index (χ3n) is 7.38. The Morgan fingerprint density at radius 2 is 1.79 bits per heavy atom. The second-order valence-corrected chi connectivity index (χ2v) is 10.6. The van der Waals surface area contributed by atoms with Gasteiger partial charge in [-0.05, 0) is 80.4 Å². The van der Waals surface area contributed by atoms with Crippen molar-refractivity contribution in [3.05, 3.63) is 28.8 Å². The number of halogens is 3. The molecule has 2 atom stereocenters. The van der Waals surface area contributed by atoms with E-state index >= 15 is 0 Å². The lowest BCUT2D eigenvalue weighted by molar-refractivity contribution is -0.140. The van der Waals surface area contributed by atoms with Gasteiger partial charge < -0.3 is 19.8 Å². The molecule has 0 aliphatic heterocycles. The van der Waals surface area contributed by atoms with Crippen molar-refractivity contribution in [2.45, 2.75) is 97.0 Å². The van der Waals surface area contributed by atoms with E-state index in [0.29, 0.717) is 11.5 Å². The van der Waals surface area contributed by atoms with Gasteiger partial charge in [0.05, 0.1) is 18.8 Å². The fraction of sp³-hybridized carbons (Fsp3) is 0.720. The number of aliphatic hydroxyl groups is 1. The first-order valence-electron chi connectivity index (χ1n) is 11.8. The maximum Gasteiger partial charge on any atom is 0.420 e. The van der Waals surface area contributed by atoms with E-state index in [1.165, 1.54) is 6.07 Å². The highest BCUT2D eigenvalue weighted by Gasteiger charge is 2.41. The number of aliphatic hydroxyl groups excluding tert-OH is 1. The van der Waals surface area contributed by atoms with E-state index < -0.39 is 29.9 Å². The number of carbonyl (C=O) groups is 1. The van der Waals surface area contributed by atoms with Gasteiger partial charge in [0.2, 0.25) is 0 Å². The molecule has 0 aromatic heterocycles. The SMILES string of the molecule is CC(CO)N(C(=O)O)C1CCc2c(ccc(OC3CCC(C(C)(C)C)CC3)c2C(F)(F)F)C1. The Balaban J connectivity index is 1.83. The maximum absolute atomic E-state index is 14.2. The summed E-state index contributed by atoms with van der Waals surface area (Å²) in [5.74, 6) is 0.427. The molecule has 2 unspecified atom stereocenters. The van der Waals surface area contributed by atoms with Crippen LogP contribution in [0.4, 0.5) is 18.0 Å². The average Bonchev–Trinajstić information content (AvgIpc) is 2.72. The van der Waals surface area contributed by atoms with Crippen LogP contribution in [-0.4, -0.2) is 46.0 Å². The molecule has 33 heavy (non-hydrogen) atoms. The lowest BCUT2D eigenvalue weighted by Crippen LogP contribution is -2.49. The molecule has 0 bridgehead atoms. The van der Waals surface area contributed by atoms with Crippen LogP contribution in [0.2, 0.25) is 0 Å². The fourth-order valence-corrected chi connectivity index (χ4v) is 5.48. The number of benzene rings is 1. The minimum absolute atomic E-state index is 0.113. The van der Waals surface area contributed by atoms with E-state index in [0.717, 1.165) is 30.6 Å². The zero-order valence-electron chi connectivity index (χ0n) is 19.9. The zero-order valence-corrected chi connectivity index (χ0v) is 19.9. The van der Waals surface area contributed by atoms with Gasteiger partial charge in [0, 0.05) is 6.04 Å². The smallest absolute Gasteiger partial charge is 0.420 e. The molecule has 0 heterocycles. The molecule has 0 radical (unpaired) electrons. The minimum atomic E-state index is -4.55. The van der Waals surface area contributed by atoms with Crippen LogP contribution in [0.25, 0.3) is 0 Å². The van der Waals surface area contributed by atoms with Crippen LogP contribution in [-0.2, 0) is 19.0 Å². The molecule has 186 valence electrons. The highest BCUT2D eigenvalue weighted by molar-refractivity contribution is 5.66. The number of amides is 1. The summed E-state index contributed by atoms with van der Waals surface area (Å²) in [4.78, 5) is 12.9. The standard InChI is InChI=1S/C25H36F3NO4/c1-15(14-30)29(23(31)32)18-8-11-20-16(13-18)5-12-21(22(20)25(26,27)28)33-19-9-6-17(7-10-19)24(2,3)4/h5,12,15,17-19,30H,6-11,13-14H2,1-4H3,(H,31,32). The van der Waals surface area contributed by atoms with Gasteiger partial charge in [-0.15, -0.1) is 0 Å². The van der Waals surface area contributed by atoms with Crippen LogP contribution >= 0.6 is 0 Å². The van der Waals surface area contributed by atoms with Crippen LogP contribution in [0.15, 0.2) is 12.1 Å². The number of hydrogen-bond acceptors (Lipinski definition) is 3. The Bertz CT molecular complexity index is 841. The molecule has 3 rings (SSSR count). The molecule has 8 heteroatoms. The van der Waals surface area contributed by atoms with Crippen LogP contribution in [0.5, 0.6) is 5.75 Å². The summed E-state index contributed by atoms with van der Waals surface area (Å²) in [7, 11) is 0. The monoisotopic (exact) mass is 471 g/mol. The van der Waals surface area contributed by atoms with Gasteiger partial charge in [-0.3, -0.25) is 0 Å². The van der Waals surface area contributed by atoms with Crippen molar-refractivity contribution in [1.82, 2.24) is 4.90 Å². The van der Waals surface area contributed by atoms with Gasteiger partial charge >= 0.3 is 12.3 Å². The van der Waals surface area contributed by atoms with Gasteiger partial charge in [-0.1, -0.05) is 26.8 Å². The fourth-order valence-electron chi connectivity index (χ4n) is 5.48. The summed E-state index contributed by atoms with van der Waals surface area (Å²) >= 11 is 0. The summed E-state index contributed by atoms with van der Waals surface area (Å²) in [5.41, 5.74) is 0.177. The van der Waals surface area contributed by atoms with Crippen LogP contribution in [0.1, 0.15) is 76.5 Å². The van der Waals surface area contributed by atoms with Crippen molar-refractivity contribution in [2.24, 2.45) is 11.3 Å². The topological polar surface area (TPSA) is 70.0 Å². The van der Waals surface area contributed by atoms with Crippen molar-refractivity contribution >= 4 is 6.09 Å². The largest absolute Gasteiger partial charge is 0.490 e. The third kappa shape index (κ3) is 5.76. The van der Waals surface area contributed by atoms with Crippen LogP contribution in [0, 0.1) is 11.3 Å². The highest BCUT2D eigenvalue weighted by atomic mass is 19.4. The average molecular weight is 472 g/mol. The Morgan fingerprint density at radius 1 is 1.15 bits per heavy atom. The van der Waals surface area contributed by atoms with E-state index in [4.69, 9.17) is 4.74 Å². The van der Waals surface area contributed by atoms with Crippen molar-refractivity contribution in [1.29, 1.82) is 0 Å². The molecule has 1 aromatic rings. The molecule has 0 saturated heterocycles. The van der Waals surface area contributed by atoms with E-state index in [-0.39, 0.29) is 48.7 Å². The molecule has 1 aromatic carbocycles. The van der Waals surface area contributed by atoms with Crippen LogP contribution < -0.4 is 4.74 Å². The summed E-state index contributed by atoms with van der Waals surface area (Å²) < 4.78 is 48.4. The van der Waals surface area contributed by atoms with Gasteiger partial charge in [0.15, 0.2) is 0 Å². The number of hydrogen-bond donors (Lipinski definition) is 2. The number of alkyl halides is 3. The Kier molecular flexibility index (Phi) is 7.56. The van der Waals surface area contributed by atoms with E-state index in [1.807, 2.05) is 0 Å². The highest BCUT2D eigenvalue weighted by Crippen LogP contribution is 2.45. The molecular formula is C25H36F3NO4. The molecule has 1 amide bonds. The van der Waals surface area contributed by atoms with Gasteiger partial charge in [0.25, 0.3) is 0 Å². The predicted octanol–water partition coefficient (Wildman–Crippen LogP) is 5.91. The number of fused-ring (bicyclic) bond motifs is 1. The van der Waals surface area contributed by atoms with Crippen molar-refractivity contribution in [3.8, 4) is 5.75 Å². The third-order valence-corrected chi connectivity index (χ3v) is 7.38. The lowest BCUT2D eigenvalue weighted by atomic mass is 9.72. The van der Waals surface area contributed by atoms with Crippen molar-refractivity contribution in [2.75, 3.05) is 6.61 Å². The minimum Gasteiger partial charge on any atom is -0.490 e. The quantitative estimate of drug-likeness (QED) is 0.560. The normalized spacial score (nSPS) is 24.7. The summed E-state index contributed by atoms with van der Waals surface area (Å²) in [6.45, 7) is 7.85. The lowest BCUT2D eigenvalue weighted by Gasteiger charge is -2.38. The number of ether oxygens (including phenoxy) is 1. The first-order valence-corrected chi connectivity index (χ1v) is 11.8. The molecule has 1 fully saturated rings. The summed E-state index contributed by atoms with van der Waals surface area (Å²) in [6, 6.07) is 1.95. The molecule has 5 nitrogen and oxygen atoms in total. The molecule has 1 saturated carbocycles. The van der Waals surface area contributed by atoms with E-state index in [1.54, 1.807) is 13.0 Å². The first kappa shape index (κ1) is 25.7. The number of nitrogens with zero attached hydrogens (tertiary/aromatic N) is 1. The number of carboxylic acid groups (broad SMARTS) is 1. The Morgan fingerprint density at radius 3 is 2.30 bits per heavy atom. The molecule has 2 aliphatic carbocycles. The van der Waals surface area contributed by atoms with E-state index in [9.17, 15) is 28.2 Å². The first-order chi connectivity index (χ1) is 15.3. The van der Waals surface area contributed by atoms with Gasteiger partial charge in [-0.2, -0.15) is 13.2 Å². The molecule has 2 aliphatic rings. The Labute approximate surface area is 193 Å². The predicted molar refractivity (Wildman–Crippen MR) is 119 cm³/mol. The van der Waals surface area contributed by atoms with Crippen molar-refractivity contribution < 1.29 is 32.9 Å². The van der Waals surface area contributed by atoms with Gasteiger partial charge in [-0.25, -0.2) is 4.79 Å². The molecule has 2 N–H and O–H groups in total. The summed E-state index contributed by atoms with van der Waals surface area (Å²) in [6.07, 6.45) is -2.02. The summed E-state index contributed by atoms with van der Waals surface area (Å²) in [5, 5.41) is 19.0.